The van der Waals surface area contributed by atoms with E-state index in [0.717, 1.165) is 6.54 Å². The van der Waals surface area contributed by atoms with Gasteiger partial charge in [-0.25, -0.2) is 0 Å². The Kier molecular flexibility index (Phi) is 6.26. The van der Waals surface area contributed by atoms with Gasteiger partial charge in [0.15, 0.2) is 0 Å². The number of anilines is 1. The van der Waals surface area contributed by atoms with Gasteiger partial charge < -0.3 is 5.32 Å². The van der Waals surface area contributed by atoms with Crippen LogP contribution in [0.4, 0.5) is 5.69 Å². The summed E-state index contributed by atoms with van der Waals surface area (Å²) < 4.78 is 0. The standard InChI is InChI=1S/C18H29N/c1-2-3-4-5-6-7-8-11-16-12-9-13-17-14-10-15-19-18(16)17/h9,12-13,19H,2-8,10-11,14-15H2,1H3. The lowest BCUT2D eigenvalue weighted by Crippen LogP contribution is -2.13. The van der Waals surface area contributed by atoms with Crippen molar-refractivity contribution in [3.8, 4) is 0 Å². The zero-order valence-electron chi connectivity index (χ0n) is 12.5. The van der Waals surface area contributed by atoms with E-state index in [1.807, 2.05) is 0 Å². The Labute approximate surface area is 118 Å². The van der Waals surface area contributed by atoms with E-state index in [4.69, 9.17) is 0 Å². The lowest BCUT2D eigenvalue weighted by molar-refractivity contribution is 0.589. The van der Waals surface area contributed by atoms with Crippen molar-refractivity contribution in [3.63, 3.8) is 0 Å². The first-order valence-electron chi connectivity index (χ1n) is 8.26. The molecule has 1 nitrogen and oxygen atoms in total. The zero-order valence-corrected chi connectivity index (χ0v) is 12.5. The second kappa shape index (κ2) is 8.24. The molecule has 0 aliphatic carbocycles. The third-order valence-electron chi connectivity index (χ3n) is 4.21. The monoisotopic (exact) mass is 259 g/mol. The maximum atomic E-state index is 3.60. The lowest BCUT2D eigenvalue weighted by atomic mass is 9.96. The smallest absolute Gasteiger partial charge is 0.0405 e. The molecule has 2 rings (SSSR count). The molecule has 106 valence electrons. The summed E-state index contributed by atoms with van der Waals surface area (Å²) in [5.74, 6) is 0. The Hall–Kier alpha value is -0.980. The van der Waals surface area contributed by atoms with Gasteiger partial charge in [0.1, 0.15) is 0 Å². The summed E-state index contributed by atoms with van der Waals surface area (Å²) in [7, 11) is 0. The highest BCUT2D eigenvalue weighted by molar-refractivity contribution is 5.59. The Morgan fingerprint density at radius 3 is 2.63 bits per heavy atom. The molecular weight excluding hydrogens is 230 g/mol. The van der Waals surface area contributed by atoms with Gasteiger partial charge in [0, 0.05) is 12.2 Å². The molecule has 0 radical (unpaired) electrons. The van der Waals surface area contributed by atoms with E-state index in [9.17, 15) is 0 Å². The number of hydrogen-bond donors (Lipinski definition) is 1. The van der Waals surface area contributed by atoms with E-state index in [-0.39, 0.29) is 0 Å². The van der Waals surface area contributed by atoms with E-state index >= 15 is 0 Å². The molecule has 1 aliphatic rings. The summed E-state index contributed by atoms with van der Waals surface area (Å²) in [6.45, 7) is 3.44. The van der Waals surface area contributed by atoms with Gasteiger partial charge in [0.05, 0.1) is 0 Å². The molecule has 1 N–H and O–H groups in total. The number of unbranched alkanes of at least 4 members (excludes halogenated alkanes) is 6. The number of nitrogens with one attached hydrogen (secondary N) is 1. The molecule has 1 heteroatoms. The number of benzene rings is 1. The van der Waals surface area contributed by atoms with Crippen molar-refractivity contribution in [3.05, 3.63) is 29.3 Å². The molecule has 0 amide bonds. The van der Waals surface area contributed by atoms with Gasteiger partial charge in [-0.05, 0) is 36.8 Å². The van der Waals surface area contributed by atoms with Gasteiger partial charge in [-0.1, -0.05) is 63.6 Å². The third kappa shape index (κ3) is 4.56. The maximum Gasteiger partial charge on any atom is 0.0405 e. The Morgan fingerprint density at radius 1 is 1.00 bits per heavy atom. The first-order chi connectivity index (χ1) is 9.42. The first kappa shape index (κ1) is 14.4. The normalized spacial score (nSPS) is 13.9. The molecular formula is C18H29N. The van der Waals surface area contributed by atoms with Crippen LogP contribution in [0.15, 0.2) is 18.2 Å². The minimum Gasteiger partial charge on any atom is -0.385 e. The Bertz CT molecular complexity index is 370. The lowest BCUT2D eigenvalue weighted by Gasteiger charge is -2.21. The number of para-hydroxylation sites is 1. The number of fused-ring (bicyclic) bond motifs is 1. The predicted molar refractivity (Wildman–Crippen MR) is 84.9 cm³/mol. The van der Waals surface area contributed by atoms with E-state index in [2.05, 4.69) is 30.4 Å². The molecule has 1 aromatic rings. The fourth-order valence-electron chi connectivity index (χ4n) is 3.06. The van der Waals surface area contributed by atoms with E-state index in [1.54, 1.807) is 5.56 Å². The summed E-state index contributed by atoms with van der Waals surface area (Å²) in [5.41, 5.74) is 4.54. The quantitative estimate of drug-likeness (QED) is 0.621. The highest BCUT2D eigenvalue weighted by Crippen LogP contribution is 2.27. The average molecular weight is 259 g/mol. The highest BCUT2D eigenvalue weighted by Gasteiger charge is 2.11. The fourth-order valence-corrected chi connectivity index (χ4v) is 3.06. The van der Waals surface area contributed by atoms with Gasteiger partial charge in [-0.15, -0.1) is 0 Å². The molecule has 1 aliphatic heterocycles. The van der Waals surface area contributed by atoms with Crippen LogP contribution in [-0.4, -0.2) is 6.54 Å². The van der Waals surface area contributed by atoms with Crippen LogP contribution in [0.1, 0.15) is 69.4 Å². The van der Waals surface area contributed by atoms with Crippen molar-refractivity contribution < 1.29 is 0 Å². The van der Waals surface area contributed by atoms with E-state index < -0.39 is 0 Å². The molecule has 0 bridgehead atoms. The van der Waals surface area contributed by atoms with E-state index in [1.165, 1.54) is 75.5 Å². The van der Waals surface area contributed by atoms with Gasteiger partial charge >= 0.3 is 0 Å². The SMILES string of the molecule is CCCCCCCCCc1cccc2c1NCCC2. The Morgan fingerprint density at radius 2 is 1.79 bits per heavy atom. The molecule has 19 heavy (non-hydrogen) atoms. The molecule has 0 fully saturated rings. The largest absolute Gasteiger partial charge is 0.385 e. The first-order valence-corrected chi connectivity index (χ1v) is 8.26. The van der Waals surface area contributed by atoms with Crippen molar-refractivity contribution in [1.29, 1.82) is 0 Å². The van der Waals surface area contributed by atoms with E-state index in [0.29, 0.717) is 0 Å². The molecule has 0 spiro atoms. The second-order valence-electron chi connectivity index (χ2n) is 5.85. The van der Waals surface area contributed by atoms with Crippen molar-refractivity contribution in [2.24, 2.45) is 0 Å². The molecule has 0 aromatic heterocycles. The molecule has 0 atom stereocenters. The van der Waals surface area contributed by atoms with Gasteiger partial charge in [-0.2, -0.15) is 0 Å². The molecule has 0 saturated heterocycles. The minimum atomic E-state index is 1.15. The topological polar surface area (TPSA) is 12.0 Å². The van der Waals surface area contributed by atoms with Crippen molar-refractivity contribution in [1.82, 2.24) is 0 Å². The van der Waals surface area contributed by atoms with Crippen LogP contribution in [0.3, 0.4) is 0 Å². The van der Waals surface area contributed by atoms with Gasteiger partial charge in [0.25, 0.3) is 0 Å². The summed E-state index contributed by atoms with van der Waals surface area (Å²) in [5, 5.41) is 3.60. The van der Waals surface area contributed by atoms with Gasteiger partial charge in [0.2, 0.25) is 0 Å². The fraction of sp³-hybridized carbons (Fsp3) is 0.667. The van der Waals surface area contributed by atoms with Crippen LogP contribution in [-0.2, 0) is 12.8 Å². The minimum absolute atomic E-state index is 1.15. The summed E-state index contributed by atoms with van der Waals surface area (Å²) in [6.07, 6.45) is 13.6. The zero-order chi connectivity index (χ0) is 13.3. The van der Waals surface area contributed by atoms with Gasteiger partial charge in [-0.3, -0.25) is 0 Å². The number of hydrogen-bond acceptors (Lipinski definition) is 1. The molecule has 1 heterocycles. The van der Waals surface area contributed by atoms with Crippen molar-refractivity contribution >= 4 is 5.69 Å². The van der Waals surface area contributed by atoms with Crippen LogP contribution < -0.4 is 5.32 Å². The van der Waals surface area contributed by atoms with Crippen molar-refractivity contribution in [2.75, 3.05) is 11.9 Å². The van der Waals surface area contributed by atoms with Crippen LogP contribution in [0.5, 0.6) is 0 Å². The highest BCUT2D eigenvalue weighted by atomic mass is 14.9. The van der Waals surface area contributed by atoms with Crippen LogP contribution in [0.25, 0.3) is 0 Å². The Balaban J connectivity index is 1.71. The summed E-state index contributed by atoms with van der Waals surface area (Å²) in [4.78, 5) is 0. The van der Waals surface area contributed by atoms with Crippen LogP contribution in [0.2, 0.25) is 0 Å². The van der Waals surface area contributed by atoms with Crippen LogP contribution >= 0.6 is 0 Å². The summed E-state index contributed by atoms with van der Waals surface area (Å²) >= 11 is 0. The van der Waals surface area contributed by atoms with Crippen molar-refractivity contribution in [2.45, 2.75) is 71.1 Å². The molecule has 0 unspecified atom stereocenters. The summed E-state index contributed by atoms with van der Waals surface area (Å²) in [6, 6.07) is 6.84. The molecule has 1 aromatic carbocycles. The second-order valence-corrected chi connectivity index (χ2v) is 5.85. The number of rotatable bonds is 8. The maximum absolute atomic E-state index is 3.60. The third-order valence-corrected chi connectivity index (χ3v) is 4.21. The van der Waals surface area contributed by atoms with Crippen LogP contribution in [0, 0.1) is 0 Å². The molecule has 0 saturated carbocycles. The average Bonchev–Trinajstić information content (AvgIpc) is 2.46. The predicted octanol–water partition coefficient (Wildman–Crippen LogP) is 5.34. The number of aryl methyl sites for hydroxylation is 2.